The number of aliphatic carboxylic acids is 1. The van der Waals surface area contributed by atoms with Gasteiger partial charge in [0.25, 0.3) is 0 Å². The fourth-order valence-corrected chi connectivity index (χ4v) is 2.30. The summed E-state index contributed by atoms with van der Waals surface area (Å²) >= 11 is 1.41. The summed E-state index contributed by atoms with van der Waals surface area (Å²) in [7, 11) is 0. The van der Waals surface area contributed by atoms with Crippen LogP contribution < -0.4 is 5.32 Å². The molecule has 1 fully saturated rings. The van der Waals surface area contributed by atoms with Crippen LogP contribution in [0.1, 0.15) is 17.0 Å². The highest BCUT2D eigenvalue weighted by atomic mass is 32.1. The predicted molar refractivity (Wildman–Crippen MR) is 59.5 cm³/mol. The smallest absolute Gasteiger partial charge is 0.307 e. The Balaban J connectivity index is 1.96. The van der Waals surface area contributed by atoms with Gasteiger partial charge in [0.15, 0.2) is 5.13 Å². The van der Waals surface area contributed by atoms with Gasteiger partial charge in [-0.2, -0.15) is 0 Å². The number of hydrogen-bond donors (Lipinski definition) is 2. The van der Waals surface area contributed by atoms with E-state index in [1.165, 1.54) is 11.3 Å². The van der Waals surface area contributed by atoms with Crippen molar-refractivity contribution in [2.45, 2.75) is 20.3 Å². The molecular weight excluding hydrogens is 228 g/mol. The molecule has 5 nitrogen and oxygen atoms in total. The Hall–Kier alpha value is -1.43. The Morgan fingerprint density at radius 1 is 1.44 bits per heavy atom. The SMILES string of the molecule is Cc1nc(NC(=O)[C@@H]2C[C@@H]2C(=O)O)sc1C. The zero-order valence-electron chi connectivity index (χ0n) is 8.98. The minimum atomic E-state index is -0.897. The van der Waals surface area contributed by atoms with E-state index >= 15 is 0 Å². The second-order valence-corrected chi connectivity index (χ2v) is 5.14. The van der Waals surface area contributed by atoms with Crippen LogP contribution in [0.4, 0.5) is 5.13 Å². The summed E-state index contributed by atoms with van der Waals surface area (Å²) < 4.78 is 0. The third-order valence-corrected chi connectivity index (χ3v) is 3.69. The molecule has 0 aliphatic heterocycles. The molecular formula is C10H12N2O3S. The van der Waals surface area contributed by atoms with Gasteiger partial charge in [0.05, 0.1) is 17.5 Å². The highest BCUT2D eigenvalue weighted by Crippen LogP contribution is 2.39. The fraction of sp³-hybridized carbons (Fsp3) is 0.500. The second-order valence-electron chi connectivity index (χ2n) is 3.94. The van der Waals surface area contributed by atoms with Gasteiger partial charge in [-0.1, -0.05) is 0 Å². The van der Waals surface area contributed by atoms with Gasteiger partial charge >= 0.3 is 5.97 Å². The quantitative estimate of drug-likeness (QED) is 0.837. The molecule has 0 aromatic carbocycles. The molecule has 1 aliphatic carbocycles. The number of carboxylic acid groups (broad SMARTS) is 1. The average molecular weight is 240 g/mol. The highest BCUT2D eigenvalue weighted by molar-refractivity contribution is 7.15. The number of nitrogens with one attached hydrogen (secondary N) is 1. The van der Waals surface area contributed by atoms with Crippen molar-refractivity contribution in [1.82, 2.24) is 4.98 Å². The summed E-state index contributed by atoms with van der Waals surface area (Å²) in [4.78, 5) is 27.4. The van der Waals surface area contributed by atoms with Crippen molar-refractivity contribution < 1.29 is 14.7 Å². The minimum absolute atomic E-state index is 0.235. The predicted octanol–water partition coefficient (Wildman–Crippen LogP) is 1.42. The lowest BCUT2D eigenvalue weighted by Crippen LogP contribution is -2.16. The molecule has 1 saturated carbocycles. The zero-order chi connectivity index (χ0) is 11.9. The van der Waals surface area contributed by atoms with E-state index in [9.17, 15) is 9.59 Å². The number of carbonyl (C=O) groups is 2. The van der Waals surface area contributed by atoms with Crippen molar-refractivity contribution in [1.29, 1.82) is 0 Å². The average Bonchev–Trinajstić information content (AvgIpc) is 2.91. The van der Waals surface area contributed by atoms with Gasteiger partial charge in [0.1, 0.15) is 0 Å². The molecule has 16 heavy (non-hydrogen) atoms. The molecule has 2 rings (SSSR count). The Bertz CT molecular complexity index is 435. The summed E-state index contributed by atoms with van der Waals surface area (Å²) in [5.74, 6) is -2.03. The Labute approximate surface area is 96.5 Å². The summed E-state index contributed by atoms with van der Waals surface area (Å²) in [6.45, 7) is 3.80. The van der Waals surface area contributed by atoms with Crippen molar-refractivity contribution in [3.8, 4) is 0 Å². The molecule has 6 heteroatoms. The molecule has 1 amide bonds. The van der Waals surface area contributed by atoms with Crippen LogP contribution in [0, 0.1) is 25.7 Å². The van der Waals surface area contributed by atoms with Gasteiger partial charge in [-0.3, -0.25) is 9.59 Å². The number of nitrogens with zero attached hydrogens (tertiary/aromatic N) is 1. The van der Waals surface area contributed by atoms with Crippen molar-refractivity contribution in [3.05, 3.63) is 10.6 Å². The summed E-state index contributed by atoms with van der Waals surface area (Å²) in [6.07, 6.45) is 0.435. The highest BCUT2D eigenvalue weighted by Gasteiger charge is 2.48. The molecule has 1 aromatic rings. The van der Waals surface area contributed by atoms with Crippen LogP contribution in [0.5, 0.6) is 0 Å². The maximum atomic E-state index is 11.6. The van der Waals surface area contributed by atoms with Crippen molar-refractivity contribution in [2.75, 3.05) is 5.32 Å². The summed E-state index contributed by atoms with van der Waals surface area (Å²) in [6, 6.07) is 0. The first kappa shape index (κ1) is 11.1. The number of aromatic nitrogens is 1. The van der Waals surface area contributed by atoms with Crippen molar-refractivity contribution in [3.63, 3.8) is 0 Å². The van der Waals surface area contributed by atoms with Gasteiger partial charge < -0.3 is 10.4 Å². The third-order valence-electron chi connectivity index (χ3n) is 2.70. The lowest BCUT2D eigenvalue weighted by molar-refractivity contribution is -0.139. The fourth-order valence-electron chi connectivity index (χ4n) is 1.48. The zero-order valence-corrected chi connectivity index (χ0v) is 9.80. The number of carbonyl (C=O) groups excluding carboxylic acids is 1. The van der Waals surface area contributed by atoms with Crippen LogP contribution in [0.15, 0.2) is 0 Å². The van der Waals surface area contributed by atoms with E-state index < -0.39 is 11.9 Å². The molecule has 0 spiro atoms. The van der Waals surface area contributed by atoms with Crippen LogP contribution in [-0.2, 0) is 9.59 Å². The van der Waals surface area contributed by atoms with E-state index in [4.69, 9.17) is 5.11 Å². The van der Waals surface area contributed by atoms with Gasteiger partial charge in [0.2, 0.25) is 5.91 Å². The number of carboxylic acids is 1. The molecule has 2 atom stereocenters. The molecule has 86 valence electrons. The number of hydrogen-bond acceptors (Lipinski definition) is 4. The number of rotatable bonds is 3. The van der Waals surface area contributed by atoms with Gasteiger partial charge in [-0.15, -0.1) is 11.3 Å². The summed E-state index contributed by atoms with van der Waals surface area (Å²) in [5, 5.41) is 11.9. The molecule has 1 aliphatic rings. The lowest BCUT2D eigenvalue weighted by Gasteiger charge is -1.98. The molecule has 0 bridgehead atoms. The topological polar surface area (TPSA) is 79.3 Å². The summed E-state index contributed by atoms with van der Waals surface area (Å²) in [5.41, 5.74) is 0.894. The maximum Gasteiger partial charge on any atom is 0.307 e. The van der Waals surface area contributed by atoms with Crippen LogP contribution >= 0.6 is 11.3 Å². The number of aryl methyl sites for hydroxylation is 2. The van der Waals surface area contributed by atoms with E-state index in [2.05, 4.69) is 10.3 Å². The first-order valence-electron chi connectivity index (χ1n) is 4.96. The lowest BCUT2D eigenvalue weighted by atomic mass is 10.3. The van der Waals surface area contributed by atoms with Crippen LogP contribution in [0.2, 0.25) is 0 Å². The Morgan fingerprint density at radius 2 is 2.12 bits per heavy atom. The Morgan fingerprint density at radius 3 is 2.56 bits per heavy atom. The maximum absolute atomic E-state index is 11.6. The number of amides is 1. The molecule has 0 radical (unpaired) electrons. The standard InChI is InChI=1S/C10H12N2O3S/c1-4-5(2)16-10(11-4)12-8(13)6-3-7(6)9(14)15/h6-7H,3H2,1-2H3,(H,14,15)(H,11,12,13)/t6-,7+/m1/s1. The first-order chi connectivity index (χ1) is 7.49. The van der Waals surface area contributed by atoms with Crippen molar-refractivity contribution in [2.24, 2.45) is 11.8 Å². The molecule has 1 aromatic heterocycles. The normalized spacial score (nSPS) is 22.9. The van der Waals surface area contributed by atoms with Crippen molar-refractivity contribution >= 4 is 28.3 Å². The van der Waals surface area contributed by atoms with E-state index in [-0.39, 0.29) is 11.8 Å². The van der Waals surface area contributed by atoms with E-state index in [0.717, 1.165) is 10.6 Å². The number of anilines is 1. The first-order valence-corrected chi connectivity index (χ1v) is 5.78. The van der Waals surface area contributed by atoms with Crippen LogP contribution in [-0.4, -0.2) is 22.0 Å². The van der Waals surface area contributed by atoms with E-state index in [1.54, 1.807) is 0 Å². The van der Waals surface area contributed by atoms with Gasteiger partial charge in [-0.05, 0) is 20.3 Å². The molecule has 0 saturated heterocycles. The molecule has 2 N–H and O–H groups in total. The van der Waals surface area contributed by atoms with Gasteiger partial charge in [0, 0.05) is 4.88 Å². The van der Waals surface area contributed by atoms with E-state index in [0.29, 0.717) is 11.6 Å². The van der Waals surface area contributed by atoms with E-state index in [1.807, 2.05) is 13.8 Å². The molecule has 0 unspecified atom stereocenters. The number of thiazole rings is 1. The molecule has 1 heterocycles. The van der Waals surface area contributed by atoms with Crippen LogP contribution in [0.25, 0.3) is 0 Å². The third kappa shape index (κ3) is 2.06. The van der Waals surface area contributed by atoms with Crippen LogP contribution in [0.3, 0.4) is 0 Å². The second kappa shape index (κ2) is 3.86. The van der Waals surface area contributed by atoms with Gasteiger partial charge in [-0.25, -0.2) is 4.98 Å². The monoisotopic (exact) mass is 240 g/mol. The minimum Gasteiger partial charge on any atom is -0.481 e. The largest absolute Gasteiger partial charge is 0.481 e. The Kier molecular flexibility index (Phi) is 2.67.